The molecule has 1 unspecified atom stereocenters. The first-order valence-corrected chi connectivity index (χ1v) is 10.1. The van der Waals surface area contributed by atoms with Gasteiger partial charge in [-0.05, 0) is 44.2 Å². The molecule has 2 aromatic rings. The zero-order valence-electron chi connectivity index (χ0n) is 17.6. The lowest BCUT2D eigenvalue weighted by Gasteiger charge is -2.09. The summed E-state index contributed by atoms with van der Waals surface area (Å²) in [6.07, 6.45) is 0.871. The predicted molar refractivity (Wildman–Crippen MR) is 116 cm³/mol. The summed E-state index contributed by atoms with van der Waals surface area (Å²) in [7, 11) is 0. The van der Waals surface area contributed by atoms with Gasteiger partial charge in [-0.3, -0.25) is 4.79 Å². The number of hydrogen-bond donors (Lipinski definition) is 1. The van der Waals surface area contributed by atoms with E-state index in [1.54, 1.807) is 13.8 Å². The molecule has 0 heterocycles. The molecular weight excluding hydrogens is 384 g/mol. The third-order valence-corrected chi connectivity index (χ3v) is 4.09. The average Bonchev–Trinajstić information content (AvgIpc) is 2.78. The lowest BCUT2D eigenvalue weighted by atomic mass is 10.1. The first kappa shape index (κ1) is 25.0. The number of aliphatic hydroxyl groups excluding tert-OH is 1. The molecule has 0 amide bonds. The van der Waals surface area contributed by atoms with Crippen molar-refractivity contribution in [1.29, 1.82) is 0 Å². The van der Waals surface area contributed by atoms with Crippen LogP contribution < -0.4 is 0 Å². The number of carbonyl (C=O) groups is 3. The zero-order chi connectivity index (χ0) is 22.2. The van der Waals surface area contributed by atoms with E-state index in [2.05, 4.69) is 4.74 Å². The lowest BCUT2D eigenvalue weighted by Crippen LogP contribution is -2.23. The van der Waals surface area contributed by atoms with Crippen LogP contribution in [0.15, 0.2) is 60.7 Å². The Morgan fingerprint density at radius 1 is 0.833 bits per heavy atom. The van der Waals surface area contributed by atoms with E-state index in [1.165, 1.54) is 0 Å². The molecule has 1 atom stereocenters. The summed E-state index contributed by atoms with van der Waals surface area (Å²) in [6.45, 7) is 3.96. The van der Waals surface area contributed by atoms with Crippen molar-refractivity contribution in [3.05, 3.63) is 71.8 Å². The topological polar surface area (TPSA) is 89.9 Å². The van der Waals surface area contributed by atoms with Crippen LogP contribution in [0.3, 0.4) is 0 Å². The fraction of sp³-hybridized carbons (Fsp3) is 0.375. The number of hydrogen-bond acceptors (Lipinski definition) is 6. The molecule has 2 aromatic carbocycles. The molecule has 2 rings (SSSR count). The number of esters is 2. The first-order chi connectivity index (χ1) is 14.5. The van der Waals surface area contributed by atoms with Crippen LogP contribution >= 0.6 is 0 Å². The van der Waals surface area contributed by atoms with Gasteiger partial charge in [0.15, 0.2) is 6.10 Å². The predicted octanol–water partition coefficient (Wildman–Crippen LogP) is 3.54. The third kappa shape index (κ3) is 10.5. The Hall–Kier alpha value is -2.99. The van der Waals surface area contributed by atoms with Crippen molar-refractivity contribution in [3.8, 4) is 0 Å². The van der Waals surface area contributed by atoms with Crippen molar-refractivity contribution >= 4 is 17.7 Å². The van der Waals surface area contributed by atoms with E-state index in [4.69, 9.17) is 4.74 Å². The number of aliphatic hydroxyl groups is 1. The van der Waals surface area contributed by atoms with E-state index < -0.39 is 23.8 Å². The molecule has 0 aliphatic carbocycles. The molecule has 6 heteroatoms. The maximum Gasteiger partial charge on any atom is 0.374 e. The fourth-order valence-electron chi connectivity index (χ4n) is 2.52. The molecule has 30 heavy (non-hydrogen) atoms. The highest BCUT2D eigenvalue weighted by Gasteiger charge is 2.15. The molecule has 0 aromatic heterocycles. The molecule has 164 valence electrons. The minimum absolute atomic E-state index is 0. The Morgan fingerprint density at radius 3 is 1.83 bits per heavy atom. The Morgan fingerprint density at radius 2 is 1.33 bits per heavy atom. The molecular formula is C24H32O6. The van der Waals surface area contributed by atoms with E-state index in [1.807, 2.05) is 60.7 Å². The van der Waals surface area contributed by atoms with Crippen LogP contribution in [-0.2, 0) is 36.7 Å². The van der Waals surface area contributed by atoms with E-state index in [9.17, 15) is 19.5 Å². The highest BCUT2D eigenvalue weighted by Crippen LogP contribution is 2.06. The molecule has 0 aliphatic heterocycles. The van der Waals surface area contributed by atoms with Gasteiger partial charge in [-0.15, -0.1) is 0 Å². The fourth-order valence-corrected chi connectivity index (χ4v) is 2.52. The summed E-state index contributed by atoms with van der Waals surface area (Å²) in [6, 6.07) is 19.3. The van der Waals surface area contributed by atoms with Crippen molar-refractivity contribution in [2.24, 2.45) is 0 Å². The standard InChI is InChI=1S/C12H16O3.C12H14O3.H2/c2*1-2-15-12(14)11(13)9-8-10-6-4-3-5-7-10;/h3-7,11,13H,2,8-9H2,1H3;3-7H,2,8-9H2,1H3;1H. The normalized spacial score (nSPS) is 10.9. The van der Waals surface area contributed by atoms with Crippen LogP contribution in [0.5, 0.6) is 0 Å². The number of carbonyl (C=O) groups excluding carboxylic acids is 3. The maximum atomic E-state index is 11.2. The molecule has 0 fully saturated rings. The number of rotatable bonds is 10. The highest BCUT2D eigenvalue weighted by molar-refractivity contribution is 6.33. The van der Waals surface area contributed by atoms with E-state index >= 15 is 0 Å². The van der Waals surface area contributed by atoms with Crippen molar-refractivity contribution in [2.45, 2.75) is 45.6 Å². The van der Waals surface area contributed by atoms with Gasteiger partial charge in [0.1, 0.15) is 0 Å². The second kappa shape index (κ2) is 14.9. The Bertz CT molecular complexity index is 764. The number of benzene rings is 2. The maximum absolute atomic E-state index is 11.2. The van der Waals surface area contributed by atoms with Crippen molar-refractivity contribution < 1.29 is 30.4 Å². The summed E-state index contributed by atoms with van der Waals surface area (Å²) in [5, 5.41) is 9.44. The quantitative estimate of drug-likeness (QED) is 0.471. The van der Waals surface area contributed by atoms with Crippen molar-refractivity contribution in [3.63, 3.8) is 0 Å². The number of aryl methyl sites for hydroxylation is 2. The largest absolute Gasteiger partial charge is 0.464 e. The third-order valence-electron chi connectivity index (χ3n) is 4.09. The minimum atomic E-state index is -1.01. The minimum Gasteiger partial charge on any atom is -0.464 e. The van der Waals surface area contributed by atoms with E-state index in [0.717, 1.165) is 11.1 Å². The second-order valence-corrected chi connectivity index (χ2v) is 6.42. The Balaban J connectivity index is 0.000000562. The van der Waals surface area contributed by atoms with Gasteiger partial charge in [-0.1, -0.05) is 60.7 Å². The molecule has 0 radical (unpaired) electrons. The highest BCUT2D eigenvalue weighted by atomic mass is 16.5. The monoisotopic (exact) mass is 416 g/mol. The van der Waals surface area contributed by atoms with E-state index in [0.29, 0.717) is 25.9 Å². The van der Waals surface area contributed by atoms with Crippen molar-refractivity contribution in [2.75, 3.05) is 13.2 Å². The van der Waals surface area contributed by atoms with Gasteiger partial charge in [-0.25, -0.2) is 9.59 Å². The lowest BCUT2D eigenvalue weighted by molar-refractivity contribution is -0.153. The summed E-state index contributed by atoms with van der Waals surface area (Å²) in [5.74, 6) is -1.72. The number of ketones is 1. The summed E-state index contributed by atoms with van der Waals surface area (Å²) < 4.78 is 9.31. The molecule has 0 saturated heterocycles. The summed E-state index contributed by atoms with van der Waals surface area (Å²) in [5.41, 5.74) is 2.16. The molecule has 0 saturated carbocycles. The van der Waals surface area contributed by atoms with Crippen LogP contribution in [0.4, 0.5) is 0 Å². The van der Waals surface area contributed by atoms with Crippen LogP contribution in [0, 0.1) is 0 Å². The zero-order valence-corrected chi connectivity index (χ0v) is 17.6. The Labute approximate surface area is 179 Å². The van der Waals surface area contributed by atoms with Crippen LogP contribution in [0.2, 0.25) is 0 Å². The summed E-state index contributed by atoms with van der Waals surface area (Å²) >= 11 is 0. The van der Waals surface area contributed by atoms with Crippen LogP contribution in [-0.4, -0.2) is 42.1 Å². The van der Waals surface area contributed by atoms with Gasteiger partial charge >= 0.3 is 11.9 Å². The molecule has 6 nitrogen and oxygen atoms in total. The smallest absolute Gasteiger partial charge is 0.374 e. The summed E-state index contributed by atoms with van der Waals surface area (Å²) in [4.78, 5) is 33.3. The van der Waals surface area contributed by atoms with Gasteiger partial charge in [-0.2, -0.15) is 0 Å². The van der Waals surface area contributed by atoms with Crippen LogP contribution in [0.1, 0.15) is 39.2 Å². The van der Waals surface area contributed by atoms with Crippen molar-refractivity contribution in [1.82, 2.24) is 0 Å². The second-order valence-electron chi connectivity index (χ2n) is 6.42. The van der Waals surface area contributed by atoms with Gasteiger partial charge in [0.2, 0.25) is 5.78 Å². The van der Waals surface area contributed by atoms with Gasteiger partial charge in [0.25, 0.3) is 0 Å². The number of ether oxygens (including phenoxy) is 2. The first-order valence-electron chi connectivity index (χ1n) is 10.1. The Kier molecular flexibility index (Phi) is 12.5. The molecule has 0 aliphatic rings. The van der Waals surface area contributed by atoms with E-state index in [-0.39, 0.29) is 14.5 Å². The van der Waals surface area contributed by atoms with Gasteiger partial charge < -0.3 is 14.6 Å². The van der Waals surface area contributed by atoms with Crippen LogP contribution in [0.25, 0.3) is 0 Å². The molecule has 0 spiro atoms. The molecule has 1 N–H and O–H groups in total. The van der Waals surface area contributed by atoms with Gasteiger partial charge in [0, 0.05) is 7.85 Å². The van der Waals surface area contributed by atoms with Gasteiger partial charge in [0.05, 0.1) is 13.2 Å². The molecule has 0 bridgehead atoms. The average molecular weight is 417 g/mol. The number of Topliss-reactive ketones (excluding diaryl/α,β-unsaturated/α-hetero) is 1. The SMILES string of the molecule is CCOC(=O)C(=O)CCc1ccccc1.CCOC(=O)C(O)CCc1ccccc1.[HH].